The van der Waals surface area contributed by atoms with E-state index in [1.165, 1.54) is 0 Å². The molecule has 0 fully saturated rings. The fourth-order valence-corrected chi connectivity index (χ4v) is 2.08. The molecule has 3 nitrogen and oxygen atoms in total. The van der Waals surface area contributed by atoms with E-state index in [4.69, 9.17) is 9.47 Å². The van der Waals surface area contributed by atoms with E-state index in [1.807, 2.05) is 42.5 Å². The first-order chi connectivity index (χ1) is 10.2. The molecule has 0 saturated heterocycles. The van der Waals surface area contributed by atoms with E-state index in [9.17, 15) is 4.79 Å². The molecule has 2 rings (SSSR count). The third-order valence-corrected chi connectivity index (χ3v) is 3.32. The lowest BCUT2D eigenvalue weighted by atomic mass is 10.1. The molecule has 0 atom stereocenters. The molecule has 0 amide bonds. The van der Waals surface area contributed by atoms with Crippen molar-refractivity contribution >= 4 is 5.97 Å². The maximum Gasteiger partial charge on any atom is 0.311 e. The van der Waals surface area contributed by atoms with Crippen LogP contribution in [-0.4, -0.2) is 13.1 Å². The number of hydrogen-bond acceptors (Lipinski definition) is 3. The van der Waals surface area contributed by atoms with Crippen LogP contribution in [0.1, 0.15) is 24.5 Å². The Morgan fingerprint density at radius 1 is 1.00 bits per heavy atom. The quantitative estimate of drug-likeness (QED) is 0.598. The number of aryl methyl sites for hydroxylation is 2. The maximum atomic E-state index is 11.9. The Morgan fingerprint density at radius 3 is 2.43 bits per heavy atom. The van der Waals surface area contributed by atoms with Crippen LogP contribution in [-0.2, 0) is 17.6 Å². The predicted molar refractivity (Wildman–Crippen MR) is 82.8 cm³/mol. The Kier molecular flexibility index (Phi) is 5.38. The second-order valence-corrected chi connectivity index (χ2v) is 4.80. The van der Waals surface area contributed by atoms with E-state index >= 15 is 0 Å². The fraction of sp³-hybridized carbons (Fsp3) is 0.278. The number of carbonyl (C=O) groups excluding carboxylic acids is 1. The van der Waals surface area contributed by atoms with E-state index < -0.39 is 0 Å². The van der Waals surface area contributed by atoms with Crippen LogP contribution in [0, 0.1) is 0 Å². The number of carbonyl (C=O) groups is 1. The maximum absolute atomic E-state index is 11.9. The summed E-state index contributed by atoms with van der Waals surface area (Å²) in [6.45, 7) is 2.07. The van der Waals surface area contributed by atoms with Crippen molar-refractivity contribution in [2.75, 3.05) is 7.11 Å². The summed E-state index contributed by atoms with van der Waals surface area (Å²) in [5, 5.41) is 0. The molecule has 110 valence electrons. The van der Waals surface area contributed by atoms with Gasteiger partial charge in [0.15, 0.2) is 11.5 Å². The molecule has 0 N–H and O–H groups in total. The normalized spacial score (nSPS) is 10.2. The number of ether oxygens (including phenoxy) is 2. The Balaban J connectivity index is 1.96. The van der Waals surface area contributed by atoms with Gasteiger partial charge in [-0.25, -0.2) is 0 Å². The SMILES string of the molecule is CCc1ccc(OC(=O)CCc2ccccc2)c(OC)c1. The molecular weight excluding hydrogens is 264 g/mol. The van der Waals surface area contributed by atoms with Crippen LogP contribution in [0.2, 0.25) is 0 Å². The summed E-state index contributed by atoms with van der Waals surface area (Å²) in [7, 11) is 1.58. The van der Waals surface area contributed by atoms with Gasteiger partial charge in [0.1, 0.15) is 0 Å². The van der Waals surface area contributed by atoms with Crippen LogP contribution in [0.5, 0.6) is 11.5 Å². The minimum absolute atomic E-state index is 0.249. The van der Waals surface area contributed by atoms with Gasteiger partial charge in [0.05, 0.1) is 7.11 Å². The number of benzene rings is 2. The molecule has 0 unspecified atom stereocenters. The van der Waals surface area contributed by atoms with Gasteiger partial charge in [-0.1, -0.05) is 43.3 Å². The highest BCUT2D eigenvalue weighted by Gasteiger charge is 2.10. The molecule has 3 heteroatoms. The Hall–Kier alpha value is -2.29. The number of rotatable bonds is 6. The lowest BCUT2D eigenvalue weighted by Crippen LogP contribution is -2.10. The first kappa shape index (κ1) is 15.1. The molecule has 0 heterocycles. The van der Waals surface area contributed by atoms with Crippen molar-refractivity contribution in [1.29, 1.82) is 0 Å². The summed E-state index contributed by atoms with van der Waals surface area (Å²) in [5.74, 6) is 0.830. The highest BCUT2D eigenvalue weighted by atomic mass is 16.6. The third kappa shape index (κ3) is 4.35. The van der Waals surface area contributed by atoms with Crippen molar-refractivity contribution in [1.82, 2.24) is 0 Å². The molecule has 2 aromatic carbocycles. The highest BCUT2D eigenvalue weighted by molar-refractivity contribution is 5.73. The van der Waals surface area contributed by atoms with Crippen LogP contribution in [0.3, 0.4) is 0 Å². The summed E-state index contributed by atoms with van der Waals surface area (Å²) in [4.78, 5) is 11.9. The van der Waals surface area contributed by atoms with Crippen molar-refractivity contribution in [3.05, 3.63) is 59.7 Å². The second-order valence-electron chi connectivity index (χ2n) is 4.80. The topological polar surface area (TPSA) is 35.5 Å². The zero-order valence-electron chi connectivity index (χ0n) is 12.5. The van der Waals surface area contributed by atoms with Crippen LogP contribution in [0.15, 0.2) is 48.5 Å². The minimum Gasteiger partial charge on any atom is -0.493 e. The van der Waals surface area contributed by atoms with Gasteiger partial charge in [-0.3, -0.25) is 4.79 Å². The van der Waals surface area contributed by atoms with Gasteiger partial charge in [0, 0.05) is 6.42 Å². The van der Waals surface area contributed by atoms with Crippen molar-refractivity contribution < 1.29 is 14.3 Å². The van der Waals surface area contributed by atoms with E-state index in [0.29, 0.717) is 24.3 Å². The monoisotopic (exact) mass is 284 g/mol. The van der Waals surface area contributed by atoms with Crippen molar-refractivity contribution in [2.24, 2.45) is 0 Å². The Labute approximate surface area is 125 Å². The van der Waals surface area contributed by atoms with Gasteiger partial charge in [-0.15, -0.1) is 0 Å². The Morgan fingerprint density at radius 2 is 1.76 bits per heavy atom. The smallest absolute Gasteiger partial charge is 0.311 e. The van der Waals surface area contributed by atoms with Gasteiger partial charge in [-0.05, 0) is 36.1 Å². The van der Waals surface area contributed by atoms with Crippen LogP contribution < -0.4 is 9.47 Å². The van der Waals surface area contributed by atoms with Crippen molar-refractivity contribution in [2.45, 2.75) is 26.2 Å². The molecule has 0 aromatic heterocycles. The Bertz CT molecular complexity index is 591. The highest BCUT2D eigenvalue weighted by Crippen LogP contribution is 2.28. The van der Waals surface area contributed by atoms with Gasteiger partial charge in [0.25, 0.3) is 0 Å². The summed E-state index contributed by atoms with van der Waals surface area (Å²) in [5.41, 5.74) is 2.28. The fourth-order valence-electron chi connectivity index (χ4n) is 2.08. The zero-order chi connectivity index (χ0) is 15.1. The molecule has 0 spiro atoms. The van der Waals surface area contributed by atoms with E-state index in [0.717, 1.165) is 17.5 Å². The number of hydrogen-bond donors (Lipinski definition) is 0. The molecule has 0 bridgehead atoms. The van der Waals surface area contributed by atoms with Gasteiger partial charge < -0.3 is 9.47 Å². The van der Waals surface area contributed by atoms with Gasteiger partial charge in [0.2, 0.25) is 0 Å². The predicted octanol–water partition coefficient (Wildman–Crippen LogP) is 3.80. The molecule has 0 radical (unpaired) electrons. The molecule has 0 aliphatic carbocycles. The summed E-state index contributed by atoms with van der Waals surface area (Å²) in [6.07, 6.45) is 1.94. The largest absolute Gasteiger partial charge is 0.493 e. The molecule has 0 aliphatic heterocycles. The standard InChI is InChI=1S/C18H20O3/c1-3-14-9-11-16(17(13-14)20-2)21-18(19)12-10-15-7-5-4-6-8-15/h4-9,11,13H,3,10,12H2,1-2H3. The molecule has 0 saturated carbocycles. The lowest BCUT2D eigenvalue weighted by molar-refractivity contribution is -0.134. The second kappa shape index (κ2) is 7.48. The van der Waals surface area contributed by atoms with Crippen molar-refractivity contribution in [3.63, 3.8) is 0 Å². The summed E-state index contributed by atoms with van der Waals surface area (Å²) < 4.78 is 10.7. The van der Waals surface area contributed by atoms with Gasteiger partial charge >= 0.3 is 5.97 Å². The van der Waals surface area contributed by atoms with E-state index in [2.05, 4.69) is 6.92 Å². The van der Waals surface area contributed by atoms with Crippen LogP contribution in [0.25, 0.3) is 0 Å². The lowest BCUT2D eigenvalue weighted by Gasteiger charge is -2.10. The van der Waals surface area contributed by atoms with Crippen LogP contribution >= 0.6 is 0 Å². The zero-order valence-corrected chi connectivity index (χ0v) is 12.5. The molecule has 2 aromatic rings. The number of methoxy groups -OCH3 is 1. The summed E-state index contributed by atoms with van der Waals surface area (Å²) in [6, 6.07) is 15.5. The minimum atomic E-state index is -0.249. The average Bonchev–Trinajstić information content (AvgIpc) is 2.54. The van der Waals surface area contributed by atoms with Crippen LogP contribution in [0.4, 0.5) is 0 Å². The summed E-state index contributed by atoms with van der Waals surface area (Å²) >= 11 is 0. The number of esters is 1. The van der Waals surface area contributed by atoms with Crippen molar-refractivity contribution in [3.8, 4) is 11.5 Å². The van der Waals surface area contributed by atoms with Gasteiger partial charge in [-0.2, -0.15) is 0 Å². The third-order valence-electron chi connectivity index (χ3n) is 3.32. The molecule has 0 aliphatic rings. The molecular formula is C18H20O3. The van der Waals surface area contributed by atoms with E-state index in [-0.39, 0.29) is 5.97 Å². The first-order valence-corrected chi connectivity index (χ1v) is 7.14. The first-order valence-electron chi connectivity index (χ1n) is 7.14. The van der Waals surface area contributed by atoms with E-state index in [1.54, 1.807) is 13.2 Å². The average molecular weight is 284 g/mol. The molecule has 21 heavy (non-hydrogen) atoms.